The minimum absolute atomic E-state index is 0.869. The number of hydrogen-bond acceptors (Lipinski definition) is 0. The number of hydrogen-bond donors (Lipinski definition) is 0. The molecule has 2 heteroatoms. The van der Waals surface area contributed by atoms with Crippen LogP contribution in [-0.2, 0) is 0 Å². The van der Waals surface area contributed by atoms with Crippen LogP contribution < -0.4 is 0 Å². The van der Waals surface area contributed by atoms with Crippen molar-refractivity contribution in [3.63, 3.8) is 0 Å². The molecule has 0 saturated carbocycles. The van der Waals surface area contributed by atoms with E-state index in [4.69, 9.17) is 4.42 Å². The fourth-order valence-corrected chi connectivity index (χ4v) is 2.20. The van der Waals surface area contributed by atoms with Crippen LogP contribution in [0.25, 0.3) is 22.6 Å². The molecule has 0 aliphatic heterocycles. The molecule has 0 amide bonds. The molecule has 3 rings (SSSR count). The Kier molecular flexibility index (Phi) is 3.43. The summed E-state index contributed by atoms with van der Waals surface area (Å²) in [4.78, 5) is 0. The second-order valence-corrected chi connectivity index (χ2v) is 5.14. The summed E-state index contributed by atoms with van der Waals surface area (Å²) in [7, 11) is 0. The summed E-state index contributed by atoms with van der Waals surface area (Å²) in [6, 6.07) is 24.2. The molecule has 0 N–H and O–H groups in total. The molecular formula is C17H12BrO+. The zero-order valence-corrected chi connectivity index (χ0v) is 11.8. The predicted octanol–water partition coefficient (Wildman–Crippen LogP) is 5.66. The fraction of sp³-hybridized carbons (Fsp3) is 0. The fourth-order valence-electron chi connectivity index (χ4n) is 1.94. The Morgan fingerprint density at radius 2 is 1.16 bits per heavy atom. The van der Waals surface area contributed by atoms with Gasteiger partial charge in [0.1, 0.15) is 0 Å². The van der Waals surface area contributed by atoms with Gasteiger partial charge in [0.05, 0.1) is 11.1 Å². The second-order valence-electron chi connectivity index (χ2n) is 4.23. The Bertz CT molecular complexity index is 675. The minimum atomic E-state index is 0.869. The lowest BCUT2D eigenvalue weighted by atomic mass is 10.1. The number of halogens is 1. The van der Waals surface area contributed by atoms with Gasteiger partial charge in [0, 0.05) is 16.6 Å². The van der Waals surface area contributed by atoms with E-state index in [0.717, 1.165) is 27.1 Å². The Hall–Kier alpha value is -1.93. The van der Waals surface area contributed by atoms with Gasteiger partial charge in [0.25, 0.3) is 0 Å². The lowest BCUT2D eigenvalue weighted by Crippen LogP contribution is -1.81. The standard InChI is InChI=1S/C17H12BrO/c18-15-11-9-14(10-12-15)17-8-4-7-16(19-17)13-5-2-1-3-6-13/h1-12H/q+1. The number of rotatable bonds is 2. The average Bonchev–Trinajstić information content (AvgIpc) is 2.49. The SMILES string of the molecule is Brc1ccc(-c2cccc(-c3ccccc3)[o+]2)cc1. The average molecular weight is 312 g/mol. The largest absolute Gasteiger partial charge is 0.360 e. The van der Waals surface area contributed by atoms with E-state index >= 15 is 0 Å². The first-order valence-electron chi connectivity index (χ1n) is 6.07. The molecule has 0 unspecified atom stereocenters. The highest BCUT2D eigenvalue weighted by atomic mass is 79.9. The Labute approximate surface area is 120 Å². The first-order chi connectivity index (χ1) is 9.33. The van der Waals surface area contributed by atoms with Gasteiger partial charge in [0.2, 0.25) is 0 Å². The third kappa shape index (κ3) is 2.74. The van der Waals surface area contributed by atoms with Gasteiger partial charge in [-0.1, -0.05) is 34.1 Å². The molecule has 2 aromatic carbocycles. The molecular weight excluding hydrogens is 300 g/mol. The van der Waals surface area contributed by atoms with Crippen LogP contribution in [0.2, 0.25) is 0 Å². The zero-order valence-electron chi connectivity index (χ0n) is 10.2. The van der Waals surface area contributed by atoms with Gasteiger partial charge in [-0.15, -0.1) is 0 Å². The molecule has 0 aliphatic rings. The Morgan fingerprint density at radius 3 is 1.79 bits per heavy atom. The summed E-state index contributed by atoms with van der Waals surface area (Å²) < 4.78 is 7.04. The van der Waals surface area contributed by atoms with Gasteiger partial charge in [-0.2, -0.15) is 0 Å². The lowest BCUT2D eigenvalue weighted by Gasteiger charge is -1.95. The van der Waals surface area contributed by atoms with Crippen LogP contribution in [0, 0.1) is 0 Å². The minimum Gasteiger partial charge on any atom is -0.207 e. The molecule has 0 aliphatic carbocycles. The monoisotopic (exact) mass is 311 g/mol. The van der Waals surface area contributed by atoms with Crippen LogP contribution in [0.1, 0.15) is 0 Å². The summed E-state index contributed by atoms with van der Waals surface area (Å²) in [5.74, 6) is 1.75. The van der Waals surface area contributed by atoms with Gasteiger partial charge >= 0.3 is 11.5 Å². The van der Waals surface area contributed by atoms with Gasteiger partial charge in [-0.05, 0) is 42.5 Å². The van der Waals surface area contributed by atoms with Crippen LogP contribution in [-0.4, -0.2) is 0 Å². The van der Waals surface area contributed by atoms with Crippen molar-refractivity contribution in [2.75, 3.05) is 0 Å². The highest BCUT2D eigenvalue weighted by Crippen LogP contribution is 2.27. The van der Waals surface area contributed by atoms with Crippen LogP contribution in [0.3, 0.4) is 0 Å². The normalized spacial score (nSPS) is 10.4. The smallest absolute Gasteiger partial charge is 0.207 e. The molecule has 0 fully saturated rings. The van der Waals surface area contributed by atoms with Crippen molar-refractivity contribution in [1.29, 1.82) is 0 Å². The van der Waals surface area contributed by atoms with Crippen LogP contribution in [0.15, 0.2) is 81.7 Å². The first-order valence-corrected chi connectivity index (χ1v) is 6.87. The van der Waals surface area contributed by atoms with Crippen molar-refractivity contribution >= 4 is 15.9 Å². The van der Waals surface area contributed by atoms with Crippen molar-refractivity contribution in [2.24, 2.45) is 0 Å². The van der Waals surface area contributed by atoms with Crippen LogP contribution in [0.4, 0.5) is 0 Å². The molecule has 0 atom stereocenters. The van der Waals surface area contributed by atoms with Crippen molar-refractivity contribution in [3.8, 4) is 22.6 Å². The molecule has 92 valence electrons. The highest BCUT2D eigenvalue weighted by molar-refractivity contribution is 9.10. The quantitative estimate of drug-likeness (QED) is 0.556. The summed E-state index contributed by atoms with van der Waals surface area (Å²) in [5.41, 5.74) is 2.16. The van der Waals surface area contributed by atoms with Crippen molar-refractivity contribution in [2.45, 2.75) is 0 Å². The summed E-state index contributed by atoms with van der Waals surface area (Å²) >= 11 is 3.44. The van der Waals surface area contributed by atoms with Crippen LogP contribution in [0.5, 0.6) is 0 Å². The Balaban J connectivity index is 2.03. The summed E-state index contributed by atoms with van der Waals surface area (Å²) in [6.45, 7) is 0. The molecule has 1 nitrogen and oxygen atoms in total. The van der Waals surface area contributed by atoms with E-state index in [2.05, 4.69) is 15.9 Å². The molecule has 19 heavy (non-hydrogen) atoms. The lowest BCUT2D eigenvalue weighted by molar-refractivity contribution is 0.582. The van der Waals surface area contributed by atoms with E-state index in [1.165, 1.54) is 0 Å². The van der Waals surface area contributed by atoms with Gasteiger partial charge in [-0.3, -0.25) is 0 Å². The van der Waals surface area contributed by atoms with Crippen LogP contribution >= 0.6 is 15.9 Å². The maximum Gasteiger partial charge on any atom is 0.360 e. The molecule has 1 heterocycles. The number of benzene rings is 2. The van der Waals surface area contributed by atoms with Gasteiger partial charge in [0.15, 0.2) is 0 Å². The molecule has 1 aromatic heterocycles. The summed E-state index contributed by atoms with van der Waals surface area (Å²) in [5, 5.41) is 0. The van der Waals surface area contributed by atoms with E-state index in [0.29, 0.717) is 0 Å². The Morgan fingerprint density at radius 1 is 0.579 bits per heavy atom. The van der Waals surface area contributed by atoms with E-state index < -0.39 is 0 Å². The van der Waals surface area contributed by atoms with Crippen molar-refractivity contribution < 1.29 is 4.42 Å². The molecule has 0 saturated heterocycles. The molecule has 0 radical (unpaired) electrons. The first kappa shape index (κ1) is 12.1. The topological polar surface area (TPSA) is 11.3 Å². The zero-order chi connectivity index (χ0) is 13.1. The van der Waals surface area contributed by atoms with Crippen molar-refractivity contribution in [1.82, 2.24) is 0 Å². The van der Waals surface area contributed by atoms with Gasteiger partial charge < -0.3 is 0 Å². The maximum atomic E-state index is 5.97. The third-order valence-corrected chi connectivity index (χ3v) is 3.43. The second kappa shape index (κ2) is 5.37. The van der Waals surface area contributed by atoms with E-state index in [1.54, 1.807) is 0 Å². The maximum absolute atomic E-state index is 5.97. The van der Waals surface area contributed by atoms with Crippen molar-refractivity contribution in [3.05, 3.63) is 77.3 Å². The molecule has 3 aromatic rings. The predicted molar refractivity (Wildman–Crippen MR) is 81.7 cm³/mol. The highest BCUT2D eigenvalue weighted by Gasteiger charge is 2.15. The van der Waals surface area contributed by atoms with Gasteiger partial charge in [-0.25, -0.2) is 4.42 Å². The molecule has 0 bridgehead atoms. The van der Waals surface area contributed by atoms with E-state index in [1.807, 2.05) is 72.8 Å². The van der Waals surface area contributed by atoms with E-state index in [9.17, 15) is 0 Å². The van der Waals surface area contributed by atoms with E-state index in [-0.39, 0.29) is 0 Å². The molecule has 0 spiro atoms. The third-order valence-electron chi connectivity index (χ3n) is 2.90. The summed E-state index contributed by atoms with van der Waals surface area (Å²) in [6.07, 6.45) is 0.